The molecular formula is C61H58ClF4N13O2. The van der Waals surface area contributed by atoms with Gasteiger partial charge in [0.15, 0.2) is 11.6 Å². The number of imidazole rings is 1. The van der Waals surface area contributed by atoms with Crippen LogP contribution in [0.25, 0.3) is 65.9 Å². The Kier molecular flexibility index (Phi) is 12.3. The molecule has 0 amide bonds. The van der Waals surface area contributed by atoms with Gasteiger partial charge in [0, 0.05) is 117 Å². The Hall–Kier alpha value is -7.32. The van der Waals surface area contributed by atoms with E-state index in [1.807, 2.05) is 83.4 Å². The lowest BCUT2D eigenvalue weighted by Gasteiger charge is -2.34. The first-order chi connectivity index (χ1) is 39.4. The summed E-state index contributed by atoms with van der Waals surface area (Å²) >= 11 is 6.76. The number of benzene rings is 4. The molecule has 2 N–H and O–H groups in total. The first-order valence-electron chi connectivity index (χ1n) is 28.2. The van der Waals surface area contributed by atoms with E-state index in [4.69, 9.17) is 51.0 Å². The number of anilines is 2. The van der Waals surface area contributed by atoms with Gasteiger partial charge in [-0.15, -0.1) is 0 Å². The topological polar surface area (TPSA) is 147 Å². The van der Waals surface area contributed by atoms with Crippen molar-refractivity contribution in [3.63, 3.8) is 0 Å². The molecule has 81 heavy (non-hydrogen) atoms. The molecule has 0 aliphatic carbocycles. The largest absolute Gasteiger partial charge is 0.463 e. The predicted molar refractivity (Wildman–Crippen MR) is 303 cm³/mol. The highest BCUT2D eigenvalue weighted by Gasteiger charge is 2.60. The van der Waals surface area contributed by atoms with Gasteiger partial charge >= 0.3 is 12.0 Å². The highest BCUT2D eigenvalue weighted by molar-refractivity contribution is 6.36. The minimum atomic E-state index is -3.06. The SMILES string of the molecule is Cn1ccnc1CCOc1nc(N2CC3CCC(C2)N3)c2cnc(-c3cc(C4CCC5(COc6nc(N7CCC8CNC(C8)C7)c7cnc(-c8cccc9cccc(Cl)c89)c(F)c7n6)CC(F)(F)CN45)cc4ccccc34)c(F)c2n1. The number of nitrogens with zero attached hydrogens (tertiary/aromatic N) is 11. The molecule has 6 saturated heterocycles. The van der Waals surface area contributed by atoms with Crippen LogP contribution in [0.5, 0.6) is 12.0 Å². The minimum Gasteiger partial charge on any atom is -0.463 e. The molecule has 0 saturated carbocycles. The molecule has 6 aliphatic heterocycles. The van der Waals surface area contributed by atoms with E-state index in [9.17, 15) is 0 Å². The van der Waals surface area contributed by atoms with E-state index in [0.29, 0.717) is 95.3 Å². The fourth-order valence-corrected chi connectivity index (χ4v) is 14.6. The van der Waals surface area contributed by atoms with Crippen molar-refractivity contribution in [2.45, 2.75) is 87.0 Å². The highest BCUT2D eigenvalue weighted by atomic mass is 35.5. The van der Waals surface area contributed by atoms with E-state index in [1.165, 1.54) is 0 Å². The van der Waals surface area contributed by atoms with E-state index < -0.39 is 42.1 Å². The zero-order chi connectivity index (χ0) is 54.7. The second kappa shape index (κ2) is 19.7. The Bertz CT molecular complexity index is 3960. The molecule has 6 atom stereocenters. The monoisotopic (exact) mass is 1120 g/mol. The molecule has 0 spiro atoms. The summed E-state index contributed by atoms with van der Waals surface area (Å²) in [6, 6.07) is 22.9. The zero-order valence-electron chi connectivity index (χ0n) is 44.6. The van der Waals surface area contributed by atoms with Crippen LogP contribution in [0.15, 0.2) is 97.6 Å². The summed E-state index contributed by atoms with van der Waals surface area (Å²) in [5.41, 5.74) is 0.866. The van der Waals surface area contributed by atoms with Crippen molar-refractivity contribution in [2.24, 2.45) is 13.0 Å². The Morgan fingerprint density at radius 3 is 2.20 bits per heavy atom. The maximum atomic E-state index is 17.8. The van der Waals surface area contributed by atoms with Crippen LogP contribution in [0.1, 0.15) is 62.4 Å². The van der Waals surface area contributed by atoms with Gasteiger partial charge in [0.05, 0.1) is 29.5 Å². The van der Waals surface area contributed by atoms with Crippen molar-refractivity contribution < 1.29 is 27.0 Å². The maximum absolute atomic E-state index is 17.8. The number of nitrogens with one attached hydrogen (secondary N) is 2. The number of piperazine rings is 1. The van der Waals surface area contributed by atoms with E-state index in [-0.39, 0.29) is 65.8 Å². The summed E-state index contributed by atoms with van der Waals surface area (Å²) in [6.45, 7) is 3.19. The van der Waals surface area contributed by atoms with E-state index in [2.05, 4.69) is 25.4 Å². The smallest absolute Gasteiger partial charge is 0.319 e. The third kappa shape index (κ3) is 8.93. The molecule has 5 aromatic heterocycles. The number of aryl methyl sites for hydroxylation is 1. The fourth-order valence-electron chi connectivity index (χ4n) is 14.3. The molecular weight excluding hydrogens is 1060 g/mol. The van der Waals surface area contributed by atoms with Crippen LogP contribution in [0.2, 0.25) is 5.02 Å². The number of alkyl halides is 2. The Labute approximate surface area is 469 Å². The lowest BCUT2D eigenvalue weighted by atomic mass is 9.92. The first-order valence-corrected chi connectivity index (χ1v) is 28.6. The molecule has 11 heterocycles. The van der Waals surface area contributed by atoms with Gasteiger partial charge in [-0.05, 0) is 90.9 Å². The van der Waals surface area contributed by atoms with Crippen LogP contribution in [-0.4, -0.2) is 126 Å². The number of aromatic nitrogens is 8. The van der Waals surface area contributed by atoms with Crippen LogP contribution in [-0.2, 0) is 13.5 Å². The van der Waals surface area contributed by atoms with Crippen LogP contribution in [0.4, 0.5) is 29.2 Å². The molecule has 15 nitrogen and oxygen atoms in total. The summed E-state index contributed by atoms with van der Waals surface area (Å²) in [4.78, 5) is 39.6. The standard InChI is InChI=1S/C61H58ClF4N13O2/c1-76-20-18-67-48(76)16-21-80-58-72-55-45(57(75-58)78-28-38-12-13-39(29-78)71-38)27-70-53(51(55)64)43-24-37(23-36-6-2-3-9-41(36)43)47-14-17-60(31-61(65,66)32-79(47)60)33-81-59-73-54-44(56(74-59)77-19-15-34-22-40(30-77)68-25-34)26-69-52(50(54)63)42-10-4-7-35-8-5-11-46(62)49(35)42/h2-11,18,20,23-24,26-27,34,38-40,47,68,71H,12-17,19,21-22,25,28-33H2,1H3. The number of fused-ring (bicyclic) bond motifs is 9. The Balaban J connectivity index is 0.783. The van der Waals surface area contributed by atoms with Crippen molar-refractivity contribution in [1.29, 1.82) is 0 Å². The van der Waals surface area contributed by atoms with Crippen molar-refractivity contribution in [3.05, 3.63) is 126 Å². The molecule has 414 valence electrons. The van der Waals surface area contributed by atoms with Crippen LogP contribution < -0.4 is 29.9 Å². The average Bonchev–Trinajstić information content (AvgIpc) is 4.49. The number of pyridine rings is 2. The lowest BCUT2D eigenvalue weighted by molar-refractivity contribution is 0.00556. The average molecular weight is 1120 g/mol. The van der Waals surface area contributed by atoms with Gasteiger partial charge in [-0.3, -0.25) is 14.9 Å². The number of hydrogen-bond acceptors (Lipinski definition) is 14. The zero-order valence-corrected chi connectivity index (χ0v) is 45.3. The molecule has 6 fully saturated rings. The molecule has 0 radical (unpaired) electrons. The van der Waals surface area contributed by atoms with Gasteiger partial charge in [0.25, 0.3) is 5.92 Å². The normalized spacial score (nSPS) is 24.2. The van der Waals surface area contributed by atoms with Crippen LogP contribution in [0.3, 0.4) is 0 Å². The van der Waals surface area contributed by atoms with Gasteiger partial charge in [0.1, 0.15) is 46.5 Å². The van der Waals surface area contributed by atoms with Gasteiger partial charge in [-0.2, -0.15) is 19.9 Å². The second-order valence-electron chi connectivity index (χ2n) is 23.2. The molecule has 6 unspecified atom stereocenters. The molecule has 9 aromatic rings. The third-order valence-corrected chi connectivity index (χ3v) is 18.4. The van der Waals surface area contributed by atoms with Gasteiger partial charge in [-0.25, -0.2) is 22.5 Å². The number of halogens is 5. The van der Waals surface area contributed by atoms with Crippen molar-refractivity contribution >= 4 is 66.6 Å². The highest BCUT2D eigenvalue weighted by Crippen LogP contribution is 2.54. The molecule has 4 aromatic carbocycles. The first kappa shape index (κ1) is 50.6. The summed E-state index contributed by atoms with van der Waals surface area (Å²) in [7, 11) is 1.92. The third-order valence-electron chi connectivity index (χ3n) is 18.1. The van der Waals surface area contributed by atoms with Gasteiger partial charge < -0.3 is 34.5 Å². The van der Waals surface area contributed by atoms with E-state index >= 15 is 17.6 Å². The predicted octanol–water partition coefficient (Wildman–Crippen LogP) is 10.4. The van der Waals surface area contributed by atoms with E-state index in [0.717, 1.165) is 59.8 Å². The van der Waals surface area contributed by atoms with Crippen molar-refractivity contribution in [2.75, 3.05) is 62.3 Å². The number of rotatable bonds is 12. The fraction of sp³-hybridized carbons (Fsp3) is 0.393. The summed E-state index contributed by atoms with van der Waals surface area (Å²) in [5.74, 6) is -1.97. The lowest BCUT2D eigenvalue weighted by Crippen LogP contribution is -2.51. The quantitative estimate of drug-likeness (QED) is 0.112. The second-order valence-corrected chi connectivity index (χ2v) is 23.6. The molecule has 20 heteroatoms. The summed E-state index contributed by atoms with van der Waals surface area (Å²) in [6.07, 6.45) is 11.8. The Morgan fingerprint density at radius 1 is 0.728 bits per heavy atom. The van der Waals surface area contributed by atoms with Crippen molar-refractivity contribution in [3.8, 4) is 34.5 Å². The maximum Gasteiger partial charge on any atom is 0.319 e. The number of hydrogen-bond donors (Lipinski definition) is 2. The summed E-state index contributed by atoms with van der Waals surface area (Å²) in [5, 5.41) is 11.7. The number of ether oxygens (including phenoxy) is 2. The molecule has 6 aliphatic rings. The van der Waals surface area contributed by atoms with Gasteiger partial charge in [0.2, 0.25) is 0 Å². The van der Waals surface area contributed by atoms with Crippen molar-refractivity contribution in [1.82, 2.24) is 55.0 Å². The van der Waals surface area contributed by atoms with Crippen LogP contribution in [0, 0.1) is 17.6 Å². The summed E-state index contributed by atoms with van der Waals surface area (Å²) < 4.78 is 82.5. The van der Waals surface area contributed by atoms with Gasteiger partial charge in [-0.1, -0.05) is 66.2 Å². The molecule has 15 rings (SSSR count). The molecule has 4 bridgehead atoms. The van der Waals surface area contributed by atoms with E-state index in [1.54, 1.807) is 30.7 Å². The Morgan fingerprint density at radius 2 is 1.43 bits per heavy atom. The van der Waals surface area contributed by atoms with Crippen LogP contribution >= 0.6 is 11.6 Å². The minimum absolute atomic E-state index is 0.0164.